The minimum atomic E-state index is -0.673. The van der Waals surface area contributed by atoms with Crippen LogP contribution in [0.1, 0.15) is 12.5 Å². The highest BCUT2D eigenvalue weighted by molar-refractivity contribution is 7.80. The number of H-pyrrole nitrogens is 1. The number of nitrogens with zero attached hydrogens (tertiary/aromatic N) is 1. The maximum atomic E-state index is 14.1. The number of anilines is 1. The number of rotatable bonds is 6. The Hall–Kier alpha value is -2.22. The summed E-state index contributed by atoms with van der Waals surface area (Å²) >= 11 is 5.06. The number of thiocarbonyl (C=S) groups is 1. The van der Waals surface area contributed by atoms with E-state index >= 15 is 0 Å². The van der Waals surface area contributed by atoms with Crippen LogP contribution in [0.3, 0.4) is 0 Å². The summed E-state index contributed by atoms with van der Waals surface area (Å²) < 4.78 is 32.9. The van der Waals surface area contributed by atoms with Crippen LogP contribution in [0.4, 0.5) is 14.7 Å². The Morgan fingerprint density at radius 1 is 1.41 bits per heavy atom. The molecule has 22 heavy (non-hydrogen) atoms. The average Bonchev–Trinajstić information content (AvgIpc) is 2.98. The molecular weight excluding hydrogens is 310 g/mol. The molecule has 0 fully saturated rings. The molecule has 0 atom stereocenters. The van der Waals surface area contributed by atoms with Gasteiger partial charge < -0.3 is 20.4 Å². The largest absolute Gasteiger partial charge is 0.491 e. The molecule has 0 aliphatic rings. The van der Waals surface area contributed by atoms with Crippen LogP contribution < -0.4 is 15.4 Å². The van der Waals surface area contributed by atoms with E-state index in [4.69, 9.17) is 17.0 Å². The van der Waals surface area contributed by atoms with Gasteiger partial charge in [0, 0.05) is 24.5 Å². The van der Waals surface area contributed by atoms with Gasteiger partial charge in [0.15, 0.2) is 16.7 Å². The molecule has 8 heteroatoms. The Balaban J connectivity index is 1.91. The lowest BCUT2D eigenvalue weighted by Crippen LogP contribution is -2.30. The summed E-state index contributed by atoms with van der Waals surface area (Å²) in [6.45, 7) is 2.33. The van der Waals surface area contributed by atoms with Gasteiger partial charge in [-0.3, -0.25) is 0 Å². The third-order valence-electron chi connectivity index (χ3n) is 2.84. The fourth-order valence-corrected chi connectivity index (χ4v) is 2.06. The molecule has 0 spiro atoms. The van der Waals surface area contributed by atoms with E-state index in [1.165, 1.54) is 12.1 Å². The number of aromatic nitrogens is 2. The number of nitrogens with one attached hydrogen (secondary N) is 3. The van der Waals surface area contributed by atoms with E-state index in [0.717, 1.165) is 0 Å². The molecule has 0 saturated carbocycles. The first-order chi connectivity index (χ1) is 10.6. The van der Waals surface area contributed by atoms with Gasteiger partial charge in [-0.2, -0.15) is 0 Å². The van der Waals surface area contributed by atoms with Crippen molar-refractivity contribution in [2.45, 2.75) is 13.3 Å². The van der Waals surface area contributed by atoms with Gasteiger partial charge in [-0.1, -0.05) is 0 Å². The van der Waals surface area contributed by atoms with Crippen molar-refractivity contribution < 1.29 is 13.5 Å². The molecule has 0 aliphatic carbocycles. The van der Waals surface area contributed by atoms with Crippen molar-refractivity contribution in [3.05, 3.63) is 41.7 Å². The molecule has 5 nitrogen and oxygen atoms in total. The van der Waals surface area contributed by atoms with Gasteiger partial charge in [0.05, 0.1) is 6.61 Å². The normalized spacial score (nSPS) is 10.3. The fraction of sp³-hybridized carbons (Fsp3) is 0.286. The van der Waals surface area contributed by atoms with Crippen molar-refractivity contribution in [2.24, 2.45) is 0 Å². The van der Waals surface area contributed by atoms with Crippen molar-refractivity contribution >= 4 is 23.3 Å². The zero-order valence-corrected chi connectivity index (χ0v) is 12.8. The van der Waals surface area contributed by atoms with Crippen LogP contribution >= 0.6 is 12.2 Å². The van der Waals surface area contributed by atoms with Gasteiger partial charge in [0.1, 0.15) is 5.82 Å². The van der Waals surface area contributed by atoms with Crippen molar-refractivity contribution in [1.82, 2.24) is 15.3 Å². The lowest BCUT2D eigenvalue weighted by atomic mass is 10.1. The highest BCUT2D eigenvalue weighted by atomic mass is 32.1. The standard InChI is InChI=1S/C14H16F2N4OS/c1-2-21-11-4-3-10(15)9(12(11)16)5-6-19-14(22)20-13-17-7-8-18-13/h3-4,7-8H,2,5-6H2,1H3,(H3,17,18,19,20,22). The Morgan fingerprint density at radius 3 is 2.91 bits per heavy atom. The molecule has 1 aromatic heterocycles. The third kappa shape index (κ3) is 4.14. The van der Waals surface area contributed by atoms with Gasteiger partial charge in [0.25, 0.3) is 0 Å². The molecule has 0 bridgehead atoms. The Morgan fingerprint density at radius 2 is 2.23 bits per heavy atom. The molecule has 2 rings (SSSR count). The van der Waals surface area contributed by atoms with E-state index in [1.54, 1.807) is 19.3 Å². The lowest BCUT2D eigenvalue weighted by molar-refractivity contribution is 0.318. The molecule has 118 valence electrons. The number of hydrogen-bond acceptors (Lipinski definition) is 3. The van der Waals surface area contributed by atoms with Crippen LogP contribution in [-0.4, -0.2) is 28.2 Å². The van der Waals surface area contributed by atoms with E-state index in [9.17, 15) is 8.78 Å². The van der Waals surface area contributed by atoms with Crippen LogP contribution in [0.5, 0.6) is 5.75 Å². The number of imidazole rings is 1. The first kappa shape index (κ1) is 16.2. The Kier molecular flexibility index (Phi) is 5.65. The fourth-order valence-electron chi connectivity index (χ4n) is 1.86. The summed E-state index contributed by atoms with van der Waals surface area (Å²) in [4.78, 5) is 6.78. The van der Waals surface area contributed by atoms with Gasteiger partial charge in [-0.15, -0.1) is 0 Å². The van der Waals surface area contributed by atoms with Gasteiger partial charge in [-0.05, 0) is 37.7 Å². The second-order valence-corrected chi connectivity index (χ2v) is 4.75. The van der Waals surface area contributed by atoms with Crippen LogP contribution in [-0.2, 0) is 6.42 Å². The smallest absolute Gasteiger partial charge is 0.206 e. The molecule has 0 aliphatic heterocycles. The topological polar surface area (TPSA) is 62.0 Å². The van der Waals surface area contributed by atoms with E-state index in [1.807, 2.05) is 0 Å². The minimum absolute atomic E-state index is 0.0285. The van der Waals surface area contributed by atoms with Crippen LogP contribution in [0.25, 0.3) is 0 Å². The summed E-state index contributed by atoms with van der Waals surface area (Å²) in [5.41, 5.74) is -0.0285. The summed E-state index contributed by atoms with van der Waals surface area (Å²) in [6, 6.07) is 2.48. The van der Waals surface area contributed by atoms with E-state index < -0.39 is 11.6 Å². The summed E-state index contributed by atoms with van der Waals surface area (Å²) in [7, 11) is 0. The molecule has 0 amide bonds. The maximum Gasteiger partial charge on any atom is 0.206 e. The monoisotopic (exact) mass is 326 g/mol. The number of ether oxygens (including phenoxy) is 1. The van der Waals surface area contributed by atoms with Gasteiger partial charge >= 0.3 is 0 Å². The summed E-state index contributed by atoms with van der Waals surface area (Å²) in [5.74, 6) is -0.732. The predicted octanol–water partition coefficient (Wildman–Crippen LogP) is 2.62. The van der Waals surface area contributed by atoms with Crippen molar-refractivity contribution in [2.75, 3.05) is 18.5 Å². The first-order valence-electron chi connectivity index (χ1n) is 6.75. The van der Waals surface area contributed by atoms with E-state index in [-0.39, 0.29) is 24.3 Å². The Labute approximate surface area is 132 Å². The molecule has 0 saturated heterocycles. The SMILES string of the molecule is CCOc1ccc(F)c(CCNC(=S)Nc2ncc[nH]2)c1F. The first-order valence-corrected chi connectivity index (χ1v) is 7.16. The van der Waals surface area contributed by atoms with Crippen molar-refractivity contribution in [3.63, 3.8) is 0 Å². The molecule has 0 unspecified atom stereocenters. The highest BCUT2D eigenvalue weighted by Crippen LogP contribution is 2.23. The van der Waals surface area contributed by atoms with E-state index in [0.29, 0.717) is 17.7 Å². The quantitative estimate of drug-likeness (QED) is 0.712. The average molecular weight is 326 g/mol. The molecule has 3 N–H and O–H groups in total. The molecule has 1 aromatic carbocycles. The van der Waals surface area contributed by atoms with Gasteiger partial charge in [0.2, 0.25) is 5.95 Å². The second-order valence-electron chi connectivity index (χ2n) is 4.34. The summed E-state index contributed by atoms with van der Waals surface area (Å²) in [6.07, 6.45) is 3.36. The summed E-state index contributed by atoms with van der Waals surface area (Å²) in [5, 5.41) is 5.99. The molecule has 1 heterocycles. The van der Waals surface area contributed by atoms with Crippen LogP contribution in [0, 0.1) is 11.6 Å². The highest BCUT2D eigenvalue weighted by Gasteiger charge is 2.14. The molecule has 2 aromatic rings. The van der Waals surface area contributed by atoms with Crippen LogP contribution in [0.15, 0.2) is 24.5 Å². The number of aromatic amines is 1. The second kappa shape index (κ2) is 7.69. The Bertz CT molecular complexity index is 634. The molecule has 0 radical (unpaired) electrons. The maximum absolute atomic E-state index is 14.1. The zero-order valence-electron chi connectivity index (χ0n) is 12.0. The number of halogens is 2. The van der Waals surface area contributed by atoms with Crippen molar-refractivity contribution in [3.8, 4) is 5.75 Å². The molecular formula is C14H16F2N4OS. The van der Waals surface area contributed by atoms with Gasteiger partial charge in [-0.25, -0.2) is 13.8 Å². The number of benzene rings is 1. The predicted molar refractivity (Wildman–Crippen MR) is 84.0 cm³/mol. The van der Waals surface area contributed by atoms with Crippen LogP contribution in [0.2, 0.25) is 0 Å². The van der Waals surface area contributed by atoms with E-state index in [2.05, 4.69) is 20.6 Å². The van der Waals surface area contributed by atoms with Crippen molar-refractivity contribution in [1.29, 1.82) is 0 Å². The lowest BCUT2D eigenvalue weighted by Gasteiger charge is -2.12. The zero-order chi connectivity index (χ0) is 15.9. The minimum Gasteiger partial charge on any atom is -0.491 e. The number of hydrogen-bond donors (Lipinski definition) is 3. The third-order valence-corrected chi connectivity index (χ3v) is 3.09.